The molecule has 0 aromatic heterocycles. The number of rotatable bonds is 4. The minimum absolute atomic E-state index is 0.521. The molecule has 2 aliphatic heterocycles. The Kier molecular flexibility index (Phi) is 5.20. The maximum atomic E-state index is 6.33. The molecule has 3 fully saturated rings. The molecule has 0 bridgehead atoms. The van der Waals surface area contributed by atoms with E-state index in [1.165, 1.54) is 51.9 Å². The van der Waals surface area contributed by atoms with Gasteiger partial charge in [-0.3, -0.25) is 4.90 Å². The van der Waals surface area contributed by atoms with Crippen molar-refractivity contribution in [2.75, 3.05) is 32.7 Å². The number of likely N-dealkylation sites (tertiary alicyclic amines) is 1. The van der Waals surface area contributed by atoms with Crippen molar-refractivity contribution in [3.63, 3.8) is 0 Å². The van der Waals surface area contributed by atoms with Crippen LogP contribution in [0.25, 0.3) is 0 Å². The van der Waals surface area contributed by atoms with Crippen molar-refractivity contribution < 1.29 is 4.74 Å². The van der Waals surface area contributed by atoms with Crippen molar-refractivity contribution in [1.82, 2.24) is 15.1 Å². The van der Waals surface area contributed by atoms with E-state index in [-0.39, 0.29) is 0 Å². The molecule has 0 spiro atoms. The summed E-state index contributed by atoms with van der Waals surface area (Å²) in [5, 5.41) is 3.53. The van der Waals surface area contributed by atoms with E-state index in [4.69, 9.17) is 4.74 Å². The van der Waals surface area contributed by atoms with Gasteiger partial charge < -0.3 is 15.0 Å². The Morgan fingerprint density at radius 2 is 1.76 bits per heavy atom. The van der Waals surface area contributed by atoms with Gasteiger partial charge in [-0.05, 0) is 46.5 Å². The van der Waals surface area contributed by atoms with E-state index in [1.807, 2.05) is 0 Å². The minimum atomic E-state index is 0.521. The Morgan fingerprint density at radius 1 is 1.05 bits per heavy atom. The van der Waals surface area contributed by atoms with Gasteiger partial charge in [0.05, 0.1) is 12.2 Å². The van der Waals surface area contributed by atoms with Crippen molar-refractivity contribution >= 4 is 0 Å². The van der Waals surface area contributed by atoms with E-state index in [9.17, 15) is 0 Å². The smallest absolute Gasteiger partial charge is 0.0608 e. The summed E-state index contributed by atoms with van der Waals surface area (Å²) >= 11 is 0. The van der Waals surface area contributed by atoms with Crippen LogP contribution in [-0.2, 0) is 4.74 Å². The average Bonchev–Trinajstić information content (AvgIpc) is 2.43. The molecule has 3 aliphatic rings. The summed E-state index contributed by atoms with van der Waals surface area (Å²) in [5.74, 6) is 0. The fraction of sp³-hybridized carbons (Fsp3) is 1.00. The number of piperazine rings is 1. The van der Waals surface area contributed by atoms with E-state index in [0.717, 1.165) is 12.6 Å². The van der Waals surface area contributed by atoms with Gasteiger partial charge in [-0.2, -0.15) is 0 Å². The van der Waals surface area contributed by atoms with Crippen LogP contribution in [0.15, 0.2) is 0 Å². The first-order chi connectivity index (χ1) is 10.1. The highest BCUT2D eigenvalue weighted by atomic mass is 16.5. The van der Waals surface area contributed by atoms with Crippen molar-refractivity contribution in [1.29, 1.82) is 0 Å². The van der Waals surface area contributed by atoms with Gasteiger partial charge in [-0.1, -0.05) is 0 Å². The summed E-state index contributed by atoms with van der Waals surface area (Å²) in [6, 6.07) is 2.13. The highest BCUT2D eigenvalue weighted by Gasteiger charge is 2.37. The third-order valence-electron chi connectivity index (χ3n) is 5.58. The first-order valence-corrected chi connectivity index (χ1v) is 8.98. The van der Waals surface area contributed by atoms with Gasteiger partial charge in [0.25, 0.3) is 0 Å². The highest BCUT2D eigenvalue weighted by molar-refractivity contribution is 4.92. The zero-order valence-corrected chi connectivity index (χ0v) is 14.1. The zero-order chi connectivity index (χ0) is 14.8. The van der Waals surface area contributed by atoms with Gasteiger partial charge >= 0.3 is 0 Å². The summed E-state index contributed by atoms with van der Waals surface area (Å²) in [7, 11) is 0. The van der Waals surface area contributed by atoms with Gasteiger partial charge in [0, 0.05) is 50.8 Å². The molecule has 4 nitrogen and oxygen atoms in total. The van der Waals surface area contributed by atoms with Crippen LogP contribution < -0.4 is 5.32 Å². The lowest BCUT2D eigenvalue weighted by molar-refractivity contribution is -0.107. The topological polar surface area (TPSA) is 27.7 Å². The maximum absolute atomic E-state index is 6.33. The molecule has 0 amide bonds. The molecule has 1 atom stereocenters. The molecule has 0 radical (unpaired) electrons. The second-order valence-corrected chi connectivity index (χ2v) is 7.56. The summed E-state index contributed by atoms with van der Waals surface area (Å²) in [6.45, 7) is 12.9. The van der Waals surface area contributed by atoms with Crippen LogP contribution in [0.2, 0.25) is 0 Å². The normalized spacial score (nSPS) is 36.9. The Balaban J connectivity index is 1.34. The standard InChI is InChI=1S/C17H33N3O/c1-13(2)19-7-4-16(5-8-19)21-17-10-15(11-17)20-9-6-18-14(3)12-20/h13-18H,4-12H2,1-3H3/t14-,15?,17?/m1/s1. The monoisotopic (exact) mass is 295 g/mol. The van der Waals surface area contributed by atoms with Crippen LogP contribution in [0, 0.1) is 0 Å². The van der Waals surface area contributed by atoms with Crippen molar-refractivity contribution in [2.24, 2.45) is 0 Å². The van der Waals surface area contributed by atoms with E-state index in [0.29, 0.717) is 24.3 Å². The van der Waals surface area contributed by atoms with Gasteiger partial charge in [-0.25, -0.2) is 0 Å². The molecule has 4 heteroatoms. The summed E-state index contributed by atoms with van der Waals surface area (Å²) < 4.78 is 6.33. The van der Waals surface area contributed by atoms with Gasteiger partial charge in [-0.15, -0.1) is 0 Å². The third kappa shape index (κ3) is 3.98. The number of piperidine rings is 1. The SMILES string of the molecule is CC(C)N1CCC(OC2CC(N3CCN[C@H](C)C3)C2)CC1. The molecule has 0 aromatic carbocycles. The first kappa shape index (κ1) is 15.7. The second-order valence-electron chi connectivity index (χ2n) is 7.56. The van der Waals surface area contributed by atoms with Gasteiger partial charge in [0.1, 0.15) is 0 Å². The molecular formula is C17H33N3O. The van der Waals surface area contributed by atoms with Crippen LogP contribution >= 0.6 is 0 Å². The molecule has 2 saturated heterocycles. The summed E-state index contributed by atoms with van der Waals surface area (Å²) in [6.07, 6.45) is 6.03. The number of nitrogens with one attached hydrogen (secondary N) is 1. The van der Waals surface area contributed by atoms with E-state index in [1.54, 1.807) is 0 Å². The molecule has 1 aliphatic carbocycles. The average molecular weight is 295 g/mol. The van der Waals surface area contributed by atoms with Gasteiger partial charge in [0.15, 0.2) is 0 Å². The Hall–Kier alpha value is -0.160. The van der Waals surface area contributed by atoms with Gasteiger partial charge in [0.2, 0.25) is 0 Å². The van der Waals surface area contributed by atoms with Crippen LogP contribution in [0.1, 0.15) is 46.5 Å². The van der Waals surface area contributed by atoms with E-state index in [2.05, 4.69) is 35.9 Å². The molecule has 1 N–H and O–H groups in total. The fourth-order valence-corrected chi connectivity index (χ4v) is 4.04. The number of nitrogens with zero attached hydrogens (tertiary/aromatic N) is 2. The summed E-state index contributed by atoms with van der Waals surface area (Å²) in [5.41, 5.74) is 0. The predicted molar refractivity (Wildman–Crippen MR) is 86.7 cm³/mol. The maximum Gasteiger partial charge on any atom is 0.0608 e. The van der Waals surface area contributed by atoms with Crippen molar-refractivity contribution in [2.45, 2.75) is 76.8 Å². The Bertz CT molecular complexity index is 322. The lowest BCUT2D eigenvalue weighted by atomic mass is 9.86. The molecule has 21 heavy (non-hydrogen) atoms. The molecule has 3 rings (SSSR count). The molecule has 0 unspecified atom stereocenters. The molecule has 122 valence electrons. The van der Waals surface area contributed by atoms with Crippen LogP contribution in [-0.4, -0.2) is 72.9 Å². The van der Waals surface area contributed by atoms with Crippen LogP contribution in [0.5, 0.6) is 0 Å². The minimum Gasteiger partial charge on any atom is -0.375 e. The molecule has 0 aromatic rings. The van der Waals surface area contributed by atoms with Crippen LogP contribution in [0.4, 0.5) is 0 Å². The molecule has 2 heterocycles. The number of hydrogen-bond acceptors (Lipinski definition) is 4. The Labute approximate surface area is 130 Å². The van der Waals surface area contributed by atoms with Crippen LogP contribution in [0.3, 0.4) is 0 Å². The van der Waals surface area contributed by atoms with E-state index >= 15 is 0 Å². The highest BCUT2D eigenvalue weighted by Crippen LogP contribution is 2.31. The fourth-order valence-electron chi connectivity index (χ4n) is 4.04. The number of hydrogen-bond donors (Lipinski definition) is 1. The Morgan fingerprint density at radius 3 is 2.38 bits per heavy atom. The first-order valence-electron chi connectivity index (χ1n) is 8.98. The van der Waals surface area contributed by atoms with Crippen molar-refractivity contribution in [3.8, 4) is 0 Å². The zero-order valence-electron chi connectivity index (χ0n) is 14.1. The quantitative estimate of drug-likeness (QED) is 0.854. The number of ether oxygens (including phenoxy) is 1. The second kappa shape index (κ2) is 6.95. The summed E-state index contributed by atoms with van der Waals surface area (Å²) in [4.78, 5) is 5.24. The molecule has 1 saturated carbocycles. The predicted octanol–water partition coefficient (Wildman–Crippen LogP) is 1.70. The lowest BCUT2D eigenvalue weighted by Crippen LogP contribution is -2.57. The third-order valence-corrected chi connectivity index (χ3v) is 5.58. The van der Waals surface area contributed by atoms with E-state index < -0.39 is 0 Å². The van der Waals surface area contributed by atoms with Crippen molar-refractivity contribution in [3.05, 3.63) is 0 Å². The largest absolute Gasteiger partial charge is 0.375 e. The molecular weight excluding hydrogens is 262 g/mol. The lowest BCUT2D eigenvalue weighted by Gasteiger charge is -2.47.